The molecule has 7 nitrogen and oxygen atoms in total. The van der Waals surface area contributed by atoms with Gasteiger partial charge < -0.3 is 19.8 Å². The number of piperidine rings is 2. The number of likely N-dealkylation sites (tertiary alicyclic amines) is 2. The molecule has 1 N–H and O–H groups in total. The average molecular weight is 539 g/mol. The second kappa shape index (κ2) is 11.1. The van der Waals surface area contributed by atoms with E-state index in [9.17, 15) is 14.7 Å². The van der Waals surface area contributed by atoms with Gasteiger partial charge in [-0.15, -0.1) is 0 Å². The highest BCUT2D eigenvalue weighted by Crippen LogP contribution is 2.43. The molecule has 1 spiro atoms. The summed E-state index contributed by atoms with van der Waals surface area (Å²) < 4.78 is 0. The number of benzene rings is 1. The normalized spacial score (nSPS) is 22.1. The van der Waals surface area contributed by atoms with E-state index in [2.05, 4.69) is 9.80 Å². The number of hydrogen-bond donors (Lipinski definition) is 1. The van der Waals surface area contributed by atoms with Crippen LogP contribution in [0.1, 0.15) is 56.8 Å². The fraction of sp³-hybridized carbons (Fsp3) is 0.704. The first-order chi connectivity index (χ1) is 16.4. The second-order valence-electron chi connectivity index (χ2n) is 11.6. The van der Waals surface area contributed by atoms with Crippen molar-refractivity contribution in [1.29, 1.82) is 0 Å². The molecule has 0 bridgehead atoms. The Balaban J connectivity index is 0.00000361. The summed E-state index contributed by atoms with van der Waals surface area (Å²) in [4.78, 5) is 33.4. The van der Waals surface area contributed by atoms with Crippen LogP contribution in [0.5, 0.6) is 0 Å². The van der Waals surface area contributed by atoms with Gasteiger partial charge in [0.15, 0.2) is 0 Å². The predicted molar refractivity (Wildman–Crippen MR) is 150 cm³/mol. The number of rotatable bonds is 5. The van der Waals surface area contributed by atoms with E-state index < -0.39 is 5.60 Å². The van der Waals surface area contributed by atoms with Gasteiger partial charge in [0, 0.05) is 65.1 Å². The lowest BCUT2D eigenvalue weighted by molar-refractivity contribution is -0.159. The summed E-state index contributed by atoms with van der Waals surface area (Å²) in [6, 6.07) is 6.36. The molecule has 3 saturated heterocycles. The van der Waals surface area contributed by atoms with Gasteiger partial charge in [0.25, 0.3) is 11.8 Å². The average Bonchev–Trinajstić information content (AvgIpc) is 2.81. The molecule has 1 atom stereocenters. The Bertz CT molecular complexity index is 946. The first kappa shape index (κ1) is 29.1. The van der Waals surface area contributed by atoms with Crippen LogP contribution in [-0.2, 0) is 4.79 Å². The highest BCUT2D eigenvalue weighted by Gasteiger charge is 2.49. The number of halogens is 1. The van der Waals surface area contributed by atoms with E-state index in [1.807, 2.05) is 36.9 Å². The molecule has 36 heavy (non-hydrogen) atoms. The minimum Gasteiger partial charge on any atom is -0.380 e. The minimum atomic E-state index is -1.28. The molecule has 3 fully saturated rings. The van der Waals surface area contributed by atoms with Gasteiger partial charge in [0.05, 0.1) is 10.6 Å². The van der Waals surface area contributed by atoms with Gasteiger partial charge >= 0.3 is 0 Å². The Morgan fingerprint density at radius 2 is 1.69 bits per heavy atom. The summed E-state index contributed by atoms with van der Waals surface area (Å²) in [6.07, 6.45) is 4.29. The van der Waals surface area contributed by atoms with Crippen molar-refractivity contribution in [2.24, 2.45) is 11.3 Å². The number of nitrogens with zero attached hydrogens (tertiary/aromatic N) is 4. The van der Waals surface area contributed by atoms with E-state index >= 15 is 0 Å². The van der Waals surface area contributed by atoms with Crippen LogP contribution >= 0.6 is 25.1 Å². The molecule has 0 radical (unpaired) electrons. The Hall–Kier alpha value is -1.48. The standard InChI is InChI=1S/C27H41ClN4O3.H2S/c1-19(2)26(3,35)25(34)31-14-10-27(11-15-31)17-32(18-27)20-8-12-30(13-9-20)21-6-7-22(23(28)16-21)24(33)29(4)5;/h6-7,16,19-20,35H,8-15,17-18H2,1-5H3;1H2/t26-;/m0./s1. The Morgan fingerprint density at radius 1 is 1.11 bits per heavy atom. The van der Waals surface area contributed by atoms with E-state index in [0.29, 0.717) is 22.0 Å². The van der Waals surface area contributed by atoms with E-state index in [-0.39, 0.29) is 31.2 Å². The molecule has 202 valence electrons. The molecule has 0 aliphatic carbocycles. The number of carbonyl (C=O) groups is 2. The van der Waals surface area contributed by atoms with Crippen LogP contribution in [-0.4, -0.2) is 96.6 Å². The maximum Gasteiger partial charge on any atom is 0.254 e. The van der Waals surface area contributed by atoms with E-state index in [4.69, 9.17) is 11.6 Å². The topological polar surface area (TPSA) is 67.3 Å². The van der Waals surface area contributed by atoms with Crippen molar-refractivity contribution < 1.29 is 14.7 Å². The van der Waals surface area contributed by atoms with Gasteiger partial charge in [-0.05, 0) is 62.1 Å². The van der Waals surface area contributed by atoms with E-state index in [1.165, 1.54) is 0 Å². The van der Waals surface area contributed by atoms with Crippen LogP contribution in [0, 0.1) is 11.3 Å². The summed E-state index contributed by atoms with van der Waals surface area (Å²) in [6.45, 7) is 11.1. The molecule has 0 saturated carbocycles. The monoisotopic (exact) mass is 538 g/mol. The SMILES string of the molecule is CC(C)[C@](C)(O)C(=O)N1CCC2(CC1)CN(C1CCN(c3ccc(C(=O)N(C)C)c(Cl)c3)CC1)C2.S. The van der Waals surface area contributed by atoms with Gasteiger partial charge in [0.2, 0.25) is 0 Å². The van der Waals surface area contributed by atoms with Crippen molar-refractivity contribution in [1.82, 2.24) is 14.7 Å². The molecule has 0 aromatic heterocycles. The van der Waals surface area contributed by atoms with Crippen LogP contribution in [0.4, 0.5) is 5.69 Å². The van der Waals surface area contributed by atoms with Crippen molar-refractivity contribution >= 4 is 42.6 Å². The van der Waals surface area contributed by atoms with Gasteiger partial charge in [-0.1, -0.05) is 25.4 Å². The van der Waals surface area contributed by atoms with Gasteiger partial charge in [-0.2, -0.15) is 13.5 Å². The molecule has 1 aromatic carbocycles. The zero-order chi connectivity index (χ0) is 25.5. The highest BCUT2D eigenvalue weighted by molar-refractivity contribution is 7.59. The molecule has 9 heteroatoms. The molecular formula is C27H43ClN4O3S. The summed E-state index contributed by atoms with van der Waals surface area (Å²) >= 11 is 6.43. The van der Waals surface area contributed by atoms with Crippen LogP contribution in [0.15, 0.2) is 18.2 Å². The van der Waals surface area contributed by atoms with Crippen molar-refractivity contribution in [3.05, 3.63) is 28.8 Å². The molecular weight excluding hydrogens is 496 g/mol. The summed E-state index contributed by atoms with van der Waals surface area (Å²) in [5, 5.41) is 11.1. The third-order valence-electron chi connectivity index (χ3n) is 8.68. The summed E-state index contributed by atoms with van der Waals surface area (Å²) in [5.74, 6) is -0.289. The maximum atomic E-state index is 12.8. The summed E-state index contributed by atoms with van der Waals surface area (Å²) in [5.41, 5.74) is 0.677. The molecule has 3 aliphatic heterocycles. The quantitative estimate of drug-likeness (QED) is 0.622. The van der Waals surface area contributed by atoms with Gasteiger partial charge in [0.1, 0.15) is 5.60 Å². The molecule has 1 aromatic rings. The van der Waals surface area contributed by atoms with Crippen molar-refractivity contribution in [2.75, 3.05) is 58.3 Å². The van der Waals surface area contributed by atoms with Crippen molar-refractivity contribution in [3.8, 4) is 0 Å². The first-order valence-corrected chi connectivity index (χ1v) is 13.3. The van der Waals surface area contributed by atoms with Crippen LogP contribution in [0.2, 0.25) is 5.02 Å². The largest absolute Gasteiger partial charge is 0.380 e. The van der Waals surface area contributed by atoms with Crippen molar-refractivity contribution in [2.45, 2.75) is 58.1 Å². The van der Waals surface area contributed by atoms with Crippen LogP contribution < -0.4 is 4.90 Å². The fourth-order valence-corrected chi connectivity index (χ4v) is 6.00. The van der Waals surface area contributed by atoms with Crippen molar-refractivity contribution in [3.63, 3.8) is 0 Å². The molecule has 0 unspecified atom stereocenters. The maximum absolute atomic E-state index is 12.8. The van der Waals surface area contributed by atoms with Crippen LogP contribution in [0.25, 0.3) is 0 Å². The number of aliphatic hydroxyl groups is 1. The minimum absolute atomic E-state index is 0. The molecule has 3 heterocycles. The number of hydrogen-bond acceptors (Lipinski definition) is 5. The van der Waals surface area contributed by atoms with E-state index in [0.717, 1.165) is 70.6 Å². The predicted octanol–water partition coefficient (Wildman–Crippen LogP) is 3.45. The third-order valence-corrected chi connectivity index (χ3v) is 8.99. The Labute approximate surface area is 228 Å². The highest BCUT2D eigenvalue weighted by atomic mass is 35.5. The number of carbonyl (C=O) groups excluding carboxylic acids is 2. The van der Waals surface area contributed by atoms with Gasteiger partial charge in [-0.3, -0.25) is 14.5 Å². The lowest BCUT2D eigenvalue weighted by atomic mass is 9.70. The lowest BCUT2D eigenvalue weighted by Crippen LogP contribution is -2.65. The molecule has 3 aliphatic rings. The smallest absolute Gasteiger partial charge is 0.254 e. The number of amides is 2. The fourth-order valence-electron chi connectivity index (χ4n) is 5.75. The second-order valence-corrected chi connectivity index (χ2v) is 12.0. The van der Waals surface area contributed by atoms with E-state index in [1.54, 1.807) is 25.9 Å². The Kier molecular flexibility index (Phi) is 8.96. The third kappa shape index (κ3) is 5.66. The zero-order valence-electron chi connectivity index (χ0n) is 22.4. The lowest BCUT2D eigenvalue weighted by Gasteiger charge is -2.57. The summed E-state index contributed by atoms with van der Waals surface area (Å²) in [7, 11) is 3.47. The zero-order valence-corrected chi connectivity index (χ0v) is 24.1. The molecule has 2 amide bonds. The number of anilines is 1. The molecule has 4 rings (SSSR count). The van der Waals surface area contributed by atoms with Gasteiger partial charge in [-0.25, -0.2) is 0 Å². The van der Waals surface area contributed by atoms with Crippen LogP contribution in [0.3, 0.4) is 0 Å². The Morgan fingerprint density at radius 3 is 2.19 bits per heavy atom. The first-order valence-electron chi connectivity index (χ1n) is 13.0.